The number of aliphatic hydroxyl groups is 1. The molecule has 2 aromatic carbocycles. The van der Waals surface area contributed by atoms with E-state index in [9.17, 15) is 5.11 Å². The molecule has 0 fully saturated rings. The first-order valence-electron chi connectivity index (χ1n) is 15.0. The maximum atomic E-state index is 10.7. The topological polar surface area (TPSA) is 68.1 Å². The highest BCUT2D eigenvalue weighted by Crippen LogP contribution is 2.26. The number of unbranched alkanes of at least 4 members (excludes halogenated alkanes) is 9. The van der Waals surface area contributed by atoms with E-state index in [0.717, 1.165) is 28.7 Å². The molecule has 5 nitrogen and oxygen atoms in total. The molecule has 0 radical (unpaired) electrons. The number of rotatable bonds is 17. The Kier molecular flexibility index (Phi) is 13.1. The number of benzene rings is 2. The van der Waals surface area contributed by atoms with Gasteiger partial charge in [-0.05, 0) is 45.2 Å². The minimum atomic E-state index is -0.658. The SMILES string of the molecule is CCCCCCCCCCCCOCC(O)Cc1nc(-c2ccc(C)cc2C)nc(-c2ccc(C)cc2C)n1. The van der Waals surface area contributed by atoms with Crippen LogP contribution in [0, 0.1) is 27.7 Å². The summed E-state index contributed by atoms with van der Waals surface area (Å²) < 4.78 is 5.81. The van der Waals surface area contributed by atoms with Crippen LogP contribution < -0.4 is 0 Å². The van der Waals surface area contributed by atoms with Crippen LogP contribution in [0.25, 0.3) is 22.8 Å². The van der Waals surface area contributed by atoms with Crippen molar-refractivity contribution in [1.82, 2.24) is 15.0 Å². The Bertz CT molecular complexity index is 1090. The van der Waals surface area contributed by atoms with Gasteiger partial charge in [-0.1, -0.05) is 112 Å². The molecule has 1 atom stereocenters. The first kappa shape index (κ1) is 30.9. The largest absolute Gasteiger partial charge is 0.390 e. The lowest BCUT2D eigenvalue weighted by molar-refractivity contribution is 0.0345. The Morgan fingerprint density at radius 2 is 1.15 bits per heavy atom. The molecule has 3 rings (SSSR count). The second kappa shape index (κ2) is 16.5. The predicted molar refractivity (Wildman–Crippen MR) is 162 cm³/mol. The fraction of sp³-hybridized carbons (Fsp3) is 0.559. The maximum absolute atomic E-state index is 10.7. The molecule has 0 spiro atoms. The van der Waals surface area contributed by atoms with Crippen molar-refractivity contribution < 1.29 is 9.84 Å². The summed E-state index contributed by atoms with van der Waals surface area (Å²) in [5, 5.41) is 10.7. The molecule has 3 aromatic rings. The van der Waals surface area contributed by atoms with E-state index in [0.29, 0.717) is 37.1 Å². The summed E-state index contributed by atoms with van der Waals surface area (Å²) in [6.45, 7) is 11.6. The van der Waals surface area contributed by atoms with Gasteiger partial charge in [-0.25, -0.2) is 15.0 Å². The quantitative estimate of drug-likeness (QED) is 0.178. The molecule has 1 unspecified atom stereocenters. The van der Waals surface area contributed by atoms with Crippen LogP contribution in [0.2, 0.25) is 0 Å². The molecule has 0 aliphatic rings. The number of aryl methyl sites for hydroxylation is 4. The minimum absolute atomic E-state index is 0.293. The van der Waals surface area contributed by atoms with Crippen LogP contribution in [0.15, 0.2) is 36.4 Å². The Morgan fingerprint density at radius 3 is 1.64 bits per heavy atom. The summed E-state index contributed by atoms with van der Waals surface area (Å²) in [6, 6.07) is 12.6. The Labute approximate surface area is 236 Å². The molecule has 0 amide bonds. The van der Waals surface area contributed by atoms with E-state index in [-0.39, 0.29) is 0 Å². The van der Waals surface area contributed by atoms with Crippen LogP contribution in [0.1, 0.15) is 99.2 Å². The van der Waals surface area contributed by atoms with Gasteiger partial charge in [0.15, 0.2) is 11.6 Å². The van der Waals surface area contributed by atoms with Crippen molar-refractivity contribution in [2.45, 2.75) is 111 Å². The number of nitrogens with zero attached hydrogens (tertiary/aromatic N) is 3. The smallest absolute Gasteiger partial charge is 0.163 e. The van der Waals surface area contributed by atoms with Crippen LogP contribution in [-0.4, -0.2) is 39.4 Å². The standard InChI is InChI=1S/C34H49N3O2/c1-6-7-8-9-10-11-12-13-14-15-20-39-24-29(38)23-32-35-33(30-18-16-25(2)21-27(30)4)37-34(36-32)31-19-17-26(3)22-28(31)5/h16-19,21-22,29,38H,6-15,20,23-24H2,1-5H3. The maximum Gasteiger partial charge on any atom is 0.163 e. The normalized spacial score (nSPS) is 12.2. The molecule has 212 valence electrons. The van der Waals surface area contributed by atoms with Crippen molar-refractivity contribution in [2.24, 2.45) is 0 Å². The Balaban J connectivity index is 1.56. The molecule has 0 saturated heterocycles. The van der Waals surface area contributed by atoms with Gasteiger partial charge in [-0.15, -0.1) is 0 Å². The highest BCUT2D eigenvalue weighted by Gasteiger charge is 2.16. The zero-order valence-electron chi connectivity index (χ0n) is 24.9. The van der Waals surface area contributed by atoms with Crippen LogP contribution >= 0.6 is 0 Å². The number of ether oxygens (including phenoxy) is 1. The van der Waals surface area contributed by atoms with E-state index in [1.807, 2.05) is 0 Å². The molecule has 39 heavy (non-hydrogen) atoms. The van der Waals surface area contributed by atoms with E-state index in [1.165, 1.54) is 68.9 Å². The first-order chi connectivity index (χ1) is 18.9. The average molecular weight is 532 g/mol. The lowest BCUT2D eigenvalue weighted by Gasteiger charge is -2.14. The van der Waals surface area contributed by atoms with Crippen molar-refractivity contribution in [2.75, 3.05) is 13.2 Å². The number of hydrogen-bond donors (Lipinski definition) is 1. The zero-order valence-corrected chi connectivity index (χ0v) is 24.9. The second-order valence-electron chi connectivity index (χ2n) is 11.2. The van der Waals surface area contributed by atoms with E-state index in [1.54, 1.807) is 0 Å². The van der Waals surface area contributed by atoms with E-state index in [4.69, 9.17) is 19.7 Å². The van der Waals surface area contributed by atoms with Crippen LogP contribution in [0.3, 0.4) is 0 Å². The van der Waals surface area contributed by atoms with Gasteiger partial charge in [0.25, 0.3) is 0 Å². The molecule has 5 heteroatoms. The molecule has 1 heterocycles. The van der Waals surface area contributed by atoms with Gasteiger partial charge in [0, 0.05) is 24.2 Å². The second-order valence-corrected chi connectivity index (χ2v) is 11.2. The van der Waals surface area contributed by atoms with Crippen molar-refractivity contribution in [3.8, 4) is 22.8 Å². The third-order valence-electron chi connectivity index (χ3n) is 7.30. The monoisotopic (exact) mass is 531 g/mol. The van der Waals surface area contributed by atoms with Crippen LogP contribution in [0.5, 0.6) is 0 Å². The van der Waals surface area contributed by atoms with Crippen LogP contribution in [0.4, 0.5) is 0 Å². The third kappa shape index (κ3) is 10.5. The summed E-state index contributed by atoms with van der Waals surface area (Å²) in [5.41, 5.74) is 6.63. The first-order valence-corrected chi connectivity index (χ1v) is 15.0. The van der Waals surface area contributed by atoms with Crippen molar-refractivity contribution >= 4 is 0 Å². The minimum Gasteiger partial charge on any atom is -0.390 e. The van der Waals surface area contributed by atoms with E-state index in [2.05, 4.69) is 71.0 Å². The summed E-state index contributed by atoms with van der Waals surface area (Å²) in [4.78, 5) is 14.4. The zero-order chi connectivity index (χ0) is 28.0. The molecule has 0 aliphatic heterocycles. The van der Waals surface area contributed by atoms with Gasteiger partial charge in [0.2, 0.25) is 0 Å². The van der Waals surface area contributed by atoms with Crippen molar-refractivity contribution in [3.63, 3.8) is 0 Å². The molecular formula is C34H49N3O2. The number of hydrogen-bond acceptors (Lipinski definition) is 5. The Hall–Kier alpha value is -2.63. The van der Waals surface area contributed by atoms with Crippen molar-refractivity contribution in [1.29, 1.82) is 0 Å². The molecule has 1 aromatic heterocycles. The van der Waals surface area contributed by atoms with Crippen LogP contribution in [-0.2, 0) is 11.2 Å². The van der Waals surface area contributed by atoms with Gasteiger partial charge >= 0.3 is 0 Å². The van der Waals surface area contributed by atoms with Gasteiger partial charge in [0.1, 0.15) is 5.82 Å². The third-order valence-corrected chi connectivity index (χ3v) is 7.30. The Morgan fingerprint density at radius 1 is 0.667 bits per heavy atom. The van der Waals surface area contributed by atoms with Crippen molar-refractivity contribution in [3.05, 3.63) is 64.5 Å². The summed E-state index contributed by atoms with van der Waals surface area (Å²) in [5.74, 6) is 1.88. The van der Waals surface area contributed by atoms with E-state index < -0.39 is 6.10 Å². The summed E-state index contributed by atoms with van der Waals surface area (Å²) in [7, 11) is 0. The fourth-order valence-corrected chi connectivity index (χ4v) is 5.06. The fourth-order valence-electron chi connectivity index (χ4n) is 5.06. The number of aromatic nitrogens is 3. The highest BCUT2D eigenvalue weighted by atomic mass is 16.5. The van der Waals surface area contributed by atoms with Gasteiger partial charge in [0.05, 0.1) is 12.7 Å². The summed E-state index contributed by atoms with van der Waals surface area (Å²) in [6.07, 6.45) is 12.7. The van der Waals surface area contributed by atoms with E-state index >= 15 is 0 Å². The van der Waals surface area contributed by atoms with Gasteiger partial charge in [-0.3, -0.25) is 0 Å². The lowest BCUT2D eigenvalue weighted by atomic mass is 10.0. The molecule has 0 saturated carbocycles. The molecule has 0 bridgehead atoms. The molecule has 1 N–H and O–H groups in total. The average Bonchev–Trinajstić information content (AvgIpc) is 2.89. The van der Waals surface area contributed by atoms with Gasteiger partial charge < -0.3 is 9.84 Å². The molecule has 0 aliphatic carbocycles. The molecular weight excluding hydrogens is 482 g/mol. The number of aliphatic hydroxyl groups excluding tert-OH is 1. The predicted octanol–water partition coefficient (Wildman–Crippen LogP) is 8.28. The summed E-state index contributed by atoms with van der Waals surface area (Å²) >= 11 is 0. The lowest BCUT2D eigenvalue weighted by Crippen LogP contribution is -2.20. The highest BCUT2D eigenvalue weighted by molar-refractivity contribution is 5.66. The van der Waals surface area contributed by atoms with Gasteiger partial charge in [-0.2, -0.15) is 0 Å².